The first kappa shape index (κ1) is 16.1. The normalized spacial score (nSPS) is 10.7. The second kappa shape index (κ2) is 9.06. The topological polar surface area (TPSA) is 9.23 Å². The number of hydrogen-bond donors (Lipinski definition) is 0. The van der Waals surface area contributed by atoms with E-state index < -0.39 is 0 Å². The number of benzene rings is 1. The molecular formula is C14H19BrCl2O. The van der Waals surface area contributed by atoms with Crippen molar-refractivity contribution in [3.05, 3.63) is 27.7 Å². The van der Waals surface area contributed by atoms with Crippen LogP contribution in [0.2, 0.25) is 10.0 Å². The minimum Gasteiger partial charge on any atom is -0.492 e. The van der Waals surface area contributed by atoms with Crippen molar-refractivity contribution in [1.82, 2.24) is 0 Å². The second-order valence-corrected chi connectivity index (χ2v) is 5.68. The molecule has 1 aromatic carbocycles. The Balaban J connectivity index is 2.46. The van der Waals surface area contributed by atoms with Crippen LogP contribution in [0.1, 0.15) is 44.6 Å². The van der Waals surface area contributed by atoms with Crippen LogP contribution < -0.4 is 4.74 Å². The summed E-state index contributed by atoms with van der Waals surface area (Å²) in [5.74, 6) is 0.758. The Hall–Kier alpha value is 0.0800. The summed E-state index contributed by atoms with van der Waals surface area (Å²) >= 11 is 15.5. The van der Waals surface area contributed by atoms with Crippen molar-refractivity contribution in [3.8, 4) is 5.75 Å². The molecule has 0 aliphatic carbocycles. The fourth-order valence-electron chi connectivity index (χ4n) is 1.75. The van der Waals surface area contributed by atoms with Crippen LogP contribution in [-0.2, 0) is 5.33 Å². The molecule has 0 bridgehead atoms. The molecule has 0 radical (unpaired) electrons. The van der Waals surface area contributed by atoms with Gasteiger partial charge in [0.25, 0.3) is 0 Å². The van der Waals surface area contributed by atoms with Gasteiger partial charge in [0.1, 0.15) is 5.75 Å². The van der Waals surface area contributed by atoms with E-state index in [4.69, 9.17) is 27.9 Å². The van der Waals surface area contributed by atoms with Gasteiger partial charge in [-0.25, -0.2) is 0 Å². The Bertz CT molecular complexity index is 369. The van der Waals surface area contributed by atoms with Gasteiger partial charge in [0.15, 0.2) is 0 Å². The highest BCUT2D eigenvalue weighted by Gasteiger charge is 2.09. The molecule has 102 valence electrons. The van der Waals surface area contributed by atoms with Crippen LogP contribution >= 0.6 is 39.1 Å². The maximum atomic E-state index is 6.15. The Kier molecular flexibility index (Phi) is 8.12. The van der Waals surface area contributed by atoms with E-state index in [1.165, 1.54) is 25.7 Å². The number of alkyl halides is 1. The van der Waals surface area contributed by atoms with Crippen molar-refractivity contribution in [2.24, 2.45) is 0 Å². The summed E-state index contributed by atoms with van der Waals surface area (Å²) in [7, 11) is 0. The molecule has 0 fully saturated rings. The zero-order valence-electron chi connectivity index (χ0n) is 10.6. The molecule has 1 rings (SSSR count). The van der Waals surface area contributed by atoms with Gasteiger partial charge in [0.05, 0.1) is 11.6 Å². The summed E-state index contributed by atoms with van der Waals surface area (Å²) in [5.41, 5.74) is 1.00. The number of unbranched alkanes of at least 4 members (excludes halogenated alkanes) is 4. The maximum Gasteiger partial charge on any atom is 0.142 e. The van der Waals surface area contributed by atoms with Crippen molar-refractivity contribution < 1.29 is 4.74 Å². The van der Waals surface area contributed by atoms with Crippen LogP contribution in [0, 0.1) is 0 Å². The zero-order chi connectivity index (χ0) is 13.4. The highest BCUT2D eigenvalue weighted by Crippen LogP contribution is 2.33. The highest BCUT2D eigenvalue weighted by molar-refractivity contribution is 9.08. The molecule has 0 aliphatic heterocycles. The molecule has 0 amide bonds. The van der Waals surface area contributed by atoms with Crippen LogP contribution in [0.3, 0.4) is 0 Å². The average molecular weight is 354 g/mol. The number of ether oxygens (including phenoxy) is 1. The van der Waals surface area contributed by atoms with Crippen molar-refractivity contribution >= 4 is 39.1 Å². The lowest BCUT2D eigenvalue weighted by Gasteiger charge is -2.12. The SMILES string of the molecule is CCCCCCCOc1c(Cl)cc(Cl)cc1CBr. The maximum absolute atomic E-state index is 6.15. The van der Waals surface area contributed by atoms with Gasteiger partial charge >= 0.3 is 0 Å². The summed E-state index contributed by atoms with van der Waals surface area (Å²) < 4.78 is 5.77. The van der Waals surface area contributed by atoms with E-state index in [9.17, 15) is 0 Å². The number of halogens is 3. The fraction of sp³-hybridized carbons (Fsp3) is 0.571. The molecule has 1 nitrogen and oxygen atoms in total. The Morgan fingerprint density at radius 3 is 2.50 bits per heavy atom. The van der Waals surface area contributed by atoms with Crippen LogP contribution in [-0.4, -0.2) is 6.61 Å². The van der Waals surface area contributed by atoms with Crippen LogP contribution in [0.25, 0.3) is 0 Å². The smallest absolute Gasteiger partial charge is 0.142 e. The largest absolute Gasteiger partial charge is 0.492 e. The van der Waals surface area contributed by atoms with Gasteiger partial charge in [-0.15, -0.1) is 0 Å². The standard InChI is InChI=1S/C14H19BrCl2O/c1-2-3-4-5-6-7-18-14-11(10-15)8-12(16)9-13(14)17/h8-9H,2-7,10H2,1H3. The van der Waals surface area contributed by atoms with Gasteiger partial charge in [-0.1, -0.05) is 71.7 Å². The van der Waals surface area contributed by atoms with Gasteiger partial charge in [-0.2, -0.15) is 0 Å². The van der Waals surface area contributed by atoms with Gasteiger partial charge in [-0.3, -0.25) is 0 Å². The number of hydrogen-bond acceptors (Lipinski definition) is 1. The third-order valence-corrected chi connectivity index (χ3v) is 3.83. The van der Waals surface area contributed by atoms with E-state index in [1.807, 2.05) is 6.07 Å². The zero-order valence-corrected chi connectivity index (χ0v) is 13.7. The summed E-state index contributed by atoms with van der Waals surface area (Å²) in [6.45, 7) is 2.93. The quantitative estimate of drug-likeness (QED) is 0.397. The van der Waals surface area contributed by atoms with E-state index >= 15 is 0 Å². The molecule has 1 aromatic rings. The molecular weight excluding hydrogens is 335 g/mol. The van der Waals surface area contributed by atoms with Gasteiger partial charge in [0.2, 0.25) is 0 Å². The number of rotatable bonds is 8. The monoisotopic (exact) mass is 352 g/mol. The summed E-state index contributed by atoms with van der Waals surface area (Å²) in [5, 5.41) is 1.92. The van der Waals surface area contributed by atoms with E-state index in [1.54, 1.807) is 6.07 Å². The summed E-state index contributed by atoms with van der Waals surface area (Å²) in [6.07, 6.45) is 6.12. The lowest BCUT2D eigenvalue weighted by atomic mass is 10.2. The predicted octanol–water partition coefficient (Wildman–Crippen LogP) is 6.24. The first-order valence-corrected chi connectivity index (χ1v) is 8.23. The Labute approximate surface area is 128 Å². The van der Waals surface area contributed by atoms with Gasteiger partial charge in [0, 0.05) is 15.9 Å². The fourth-order valence-corrected chi connectivity index (χ4v) is 2.76. The third kappa shape index (κ3) is 5.38. The molecule has 0 N–H and O–H groups in total. The Morgan fingerprint density at radius 1 is 1.11 bits per heavy atom. The van der Waals surface area contributed by atoms with Crippen LogP contribution in [0.5, 0.6) is 5.75 Å². The van der Waals surface area contributed by atoms with Crippen molar-refractivity contribution in [2.75, 3.05) is 6.61 Å². The minimum absolute atomic E-state index is 0.588. The lowest BCUT2D eigenvalue weighted by molar-refractivity contribution is 0.302. The average Bonchev–Trinajstić information content (AvgIpc) is 2.35. The summed E-state index contributed by atoms with van der Waals surface area (Å²) in [6, 6.07) is 3.61. The predicted molar refractivity (Wildman–Crippen MR) is 83.3 cm³/mol. The molecule has 0 aromatic heterocycles. The molecule has 0 heterocycles. The van der Waals surface area contributed by atoms with Crippen molar-refractivity contribution in [2.45, 2.75) is 44.4 Å². The molecule has 4 heteroatoms. The van der Waals surface area contributed by atoms with Crippen LogP contribution in [0.15, 0.2) is 12.1 Å². The van der Waals surface area contributed by atoms with Crippen LogP contribution in [0.4, 0.5) is 0 Å². The van der Waals surface area contributed by atoms with Gasteiger partial charge in [-0.05, 0) is 18.6 Å². The molecule has 0 spiro atoms. The van der Waals surface area contributed by atoms with E-state index in [-0.39, 0.29) is 0 Å². The third-order valence-electron chi connectivity index (χ3n) is 2.72. The van der Waals surface area contributed by atoms with Crippen molar-refractivity contribution in [3.63, 3.8) is 0 Å². The molecule has 0 saturated carbocycles. The second-order valence-electron chi connectivity index (χ2n) is 4.27. The first-order chi connectivity index (χ1) is 8.69. The Morgan fingerprint density at radius 2 is 1.83 bits per heavy atom. The summed E-state index contributed by atoms with van der Waals surface area (Å²) in [4.78, 5) is 0. The molecule has 0 saturated heterocycles. The van der Waals surface area contributed by atoms with E-state index in [0.29, 0.717) is 22.0 Å². The molecule has 18 heavy (non-hydrogen) atoms. The molecule has 0 unspecified atom stereocenters. The van der Waals surface area contributed by atoms with E-state index in [0.717, 1.165) is 17.7 Å². The molecule has 0 atom stereocenters. The van der Waals surface area contributed by atoms with E-state index in [2.05, 4.69) is 22.9 Å². The first-order valence-electron chi connectivity index (χ1n) is 6.35. The molecule has 0 aliphatic rings. The minimum atomic E-state index is 0.588. The van der Waals surface area contributed by atoms with Gasteiger partial charge < -0.3 is 4.74 Å². The highest BCUT2D eigenvalue weighted by atomic mass is 79.9. The lowest BCUT2D eigenvalue weighted by Crippen LogP contribution is -2.00. The van der Waals surface area contributed by atoms with Crippen molar-refractivity contribution in [1.29, 1.82) is 0 Å².